The number of ether oxygens (including phenoxy) is 2. The largest absolute Gasteiger partial charge is 0.493 e. The van der Waals surface area contributed by atoms with E-state index in [1.165, 1.54) is 6.92 Å². The van der Waals surface area contributed by atoms with Gasteiger partial charge < -0.3 is 19.7 Å². The van der Waals surface area contributed by atoms with E-state index >= 15 is 0 Å². The number of amides is 2. The number of aromatic nitrogens is 1. The molecular formula is C21H25N3O4. The zero-order valence-electron chi connectivity index (χ0n) is 16.2. The molecule has 148 valence electrons. The Balaban J connectivity index is 1.66. The van der Waals surface area contributed by atoms with Crippen molar-refractivity contribution in [3.05, 3.63) is 48.3 Å². The summed E-state index contributed by atoms with van der Waals surface area (Å²) in [4.78, 5) is 30.0. The highest BCUT2D eigenvalue weighted by atomic mass is 16.5. The van der Waals surface area contributed by atoms with Crippen LogP contribution in [0.2, 0.25) is 0 Å². The molecule has 1 N–H and O–H groups in total. The van der Waals surface area contributed by atoms with Crippen molar-refractivity contribution in [2.75, 3.05) is 25.5 Å². The van der Waals surface area contributed by atoms with E-state index in [1.807, 2.05) is 12.1 Å². The van der Waals surface area contributed by atoms with Gasteiger partial charge in [0, 0.05) is 49.7 Å². The molecule has 1 aliphatic rings. The summed E-state index contributed by atoms with van der Waals surface area (Å²) in [5.74, 6) is 0.836. The molecule has 1 aromatic heterocycles. The van der Waals surface area contributed by atoms with E-state index in [0.717, 1.165) is 18.4 Å². The second-order valence-electron chi connectivity index (χ2n) is 6.81. The van der Waals surface area contributed by atoms with Gasteiger partial charge in [-0.15, -0.1) is 0 Å². The van der Waals surface area contributed by atoms with Gasteiger partial charge in [-0.1, -0.05) is 6.07 Å². The topological polar surface area (TPSA) is 80.8 Å². The minimum atomic E-state index is -0.209. The number of anilines is 1. The quantitative estimate of drug-likeness (QED) is 0.830. The maximum absolute atomic E-state index is 12.7. The molecule has 1 aromatic carbocycles. The standard InChI is InChI=1S/C21H25N3O4/c1-15(25)24-10-4-6-17(13-24)21(26)23-18-7-8-19(27-2)20(11-18)28-14-16-5-3-9-22-12-16/h3,5,7-9,11-12,17H,4,6,10,13-14H2,1-2H3,(H,23,26)/t17-/m1/s1. The molecule has 28 heavy (non-hydrogen) atoms. The molecule has 1 atom stereocenters. The number of rotatable bonds is 6. The molecular weight excluding hydrogens is 358 g/mol. The van der Waals surface area contributed by atoms with E-state index in [1.54, 1.807) is 42.6 Å². The molecule has 0 bridgehead atoms. The van der Waals surface area contributed by atoms with Crippen molar-refractivity contribution in [3.8, 4) is 11.5 Å². The molecule has 2 amide bonds. The molecule has 1 aliphatic heterocycles. The number of pyridine rings is 1. The van der Waals surface area contributed by atoms with Crippen molar-refractivity contribution in [3.63, 3.8) is 0 Å². The number of nitrogens with zero attached hydrogens (tertiary/aromatic N) is 2. The lowest BCUT2D eigenvalue weighted by Gasteiger charge is -2.31. The van der Waals surface area contributed by atoms with Crippen LogP contribution in [-0.4, -0.2) is 41.9 Å². The van der Waals surface area contributed by atoms with Gasteiger partial charge in [0.05, 0.1) is 13.0 Å². The zero-order valence-corrected chi connectivity index (χ0v) is 16.2. The summed E-state index contributed by atoms with van der Waals surface area (Å²) < 4.78 is 11.2. The first-order valence-electron chi connectivity index (χ1n) is 9.33. The van der Waals surface area contributed by atoms with Crippen LogP contribution in [-0.2, 0) is 16.2 Å². The first-order valence-corrected chi connectivity index (χ1v) is 9.33. The molecule has 0 radical (unpaired) electrons. The molecule has 7 nitrogen and oxygen atoms in total. The van der Waals surface area contributed by atoms with Gasteiger partial charge in [0.15, 0.2) is 11.5 Å². The first kappa shape index (κ1) is 19.7. The van der Waals surface area contributed by atoms with Gasteiger partial charge in [-0.05, 0) is 31.0 Å². The lowest BCUT2D eigenvalue weighted by Crippen LogP contribution is -2.42. The lowest BCUT2D eigenvalue weighted by atomic mass is 9.97. The van der Waals surface area contributed by atoms with Gasteiger partial charge in [-0.3, -0.25) is 14.6 Å². The van der Waals surface area contributed by atoms with E-state index in [-0.39, 0.29) is 17.7 Å². The van der Waals surface area contributed by atoms with Crippen molar-refractivity contribution >= 4 is 17.5 Å². The fraction of sp³-hybridized carbons (Fsp3) is 0.381. The molecule has 3 rings (SSSR count). The van der Waals surface area contributed by atoms with Gasteiger partial charge in [-0.2, -0.15) is 0 Å². The highest BCUT2D eigenvalue weighted by Gasteiger charge is 2.27. The number of hydrogen-bond acceptors (Lipinski definition) is 5. The summed E-state index contributed by atoms with van der Waals surface area (Å²) in [7, 11) is 1.57. The Morgan fingerprint density at radius 2 is 2.14 bits per heavy atom. The minimum Gasteiger partial charge on any atom is -0.493 e. The summed E-state index contributed by atoms with van der Waals surface area (Å²) >= 11 is 0. The van der Waals surface area contributed by atoms with Crippen LogP contribution in [0.5, 0.6) is 11.5 Å². The third-order valence-electron chi connectivity index (χ3n) is 4.79. The van der Waals surface area contributed by atoms with Crippen LogP contribution in [0, 0.1) is 5.92 Å². The van der Waals surface area contributed by atoms with Crippen LogP contribution in [0.4, 0.5) is 5.69 Å². The average molecular weight is 383 g/mol. The Morgan fingerprint density at radius 3 is 2.86 bits per heavy atom. The van der Waals surface area contributed by atoms with Crippen molar-refractivity contribution in [2.24, 2.45) is 5.92 Å². The third-order valence-corrected chi connectivity index (χ3v) is 4.79. The Kier molecular flexibility index (Phi) is 6.47. The van der Waals surface area contributed by atoms with Crippen LogP contribution in [0.25, 0.3) is 0 Å². The van der Waals surface area contributed by atoms with Crippen LogP contribution >= 0.6 is 0 Å². The van der Waals surface area contributed by atoms with E-state index in [9.17, 15) is 9.59 Å². The van der Waals surface area contributed by atoms with E-state index in [0.29, 0.717) is 36.9 Å². The second-order valence-corrected chi connectivity index (χ2v) is 6.81. The second kappa shape index (κ2) is 9.21. The molecule has 0 unspecified atom stereocenters. The van der Waals surface area contributed by atoms with E-state index in [4.69, 9.17) is 9.47 Å². The van der Waals surface area contributed by atoms with Crippen molar-refractivity contribution in [1.82, 2.24) is 9.88 Å². The van der Waals surface area contributed by atoms with Crippen LogP contribution in [0.1, 0.15) is 25.3 Å². The molecule has 0 saturated carbocycles. The number of carbonyl (C=O) groups excluding carboxylic acids is 2. The Bertz CT molecular complexity index is 826. The van der Waals surface area contributed by atoms with Gasteiger partial charge in [-0.25, -0.2) is 0 Å². The molecule has 1 fully saturated rings. The molecule has 1 saturated heterocycles. The smallest absolute Gasteiger partial charge is 0.229 e. The summed E-state index contributed by atoms with van der Waals surface area (Å²) in [6.07, 6.45) is 5.05. The summed E-state index contributed by atoms with van der Waals surface area (Å²) in [6.45, 7) is 3.06. The Morgan fingerprint density at radius 1 is 1.29 bits per heavy atom. The van der Waals surface area contributed by atoms with E-state index < -0.39 is 0 Å². The normalized spacial score (nSPS) is 16.4. The SMILES string of the molecule is COc1ccc(NC(=O)[C@@H]2CCCN(C(C)=O)C2)cc1OCc1cccnc1. The molecule has 2 aromatic rings. The number of carbonyl (C=O) groups is 2. The van der Waals surface area contributed by atoms with Gasteiger partial charge >= 0.3 is 0 Å². The maximum atomic E-state index is 12.7. The third kappa shape index (κ3) is 5.00. The number of piperidine rings is 1. The molecule has 0 spiro atoms. The van der Waals surface area contributed by atoms with Crippen LogP contribution in [0.3, 0.4) is 0 Å². The van der Waals surface area contributed by atoms with Gasteiger partial charge in [0.25, 0.3) is 0 Å². The predicted molar refractivity (Wildman–Crippen MR) is 105 cm³/mol. The van der Waals surface area contributed by atoms with Crippen LogP contribution in [0.15, 0.2) is 42.7 Å². The van der Waals surface area contributed by atoms with Crippen molar-refractivity contribution in [1.29, 1.82) is 0 Å². The number of hydrogen-bond donors (Lipinski definition) is 1. The summed E-state index contributed by atoms with van der Waals surface area (Å²) in [5.41, 5.74) is 1.57. The number of nitrogens with one attached hydrogen (secondary N) is 1. The molecule has 0 aliphatic carbocycles. The summed E-state index contributed by atoms with van der Waals surface area (Å²) in [6, 6.07) is 9.06. The highest BCUT2D eigenvalue weighted by Crippen LogP contribution is 2.31. The highest BCUT2D eigenvalue weighted by molar-refractivity contribution is 5.93. The molecule has 7 heteroatoms. The zero-order chi connectivity index (χ0) is 19.9. The fourth-order valence-electron chi connectivity index (χ4n) is 3.23. The minimum absolute atomic E-state index is 0.00744. The lowest BCUT2D eigenvalue weighted by molar-refractivity contribution is -0.132. The number of benzene rings is 1. The Hall–Kier alpha value is -3.09. The van der Waals surface area contributed by atoms with E-state index in [2.05, 4.69) is 10.3 Å². The predicted octanol–water partition coefficient (Wildman–Crippen LogP) is 2.87. The summed E-state index contributed by atoms with van der Waals surface area (Å²) in [5, 5.41) is 2.94. The fourth-order valence-corrected chi connectivity index (χ4v) is 3.23. The monoisotopic (exact) mass is 383 g/mol. The van der Waals surface area contributed by atoms with Crippen molar-refractivity contribution in [2.45, 2.75) is 26.4 Å². The maximum Gasteiger partial charge on any atom is 0.229 e. The van der Waals surface area contributed by atoms with Gasteiger partial charge in [0.1, 0.15) is 6.61 Å². The Labute approximate surface area is 164 Å². The number of methoxy groups -OCH3 is 1. The molecule has 2 heterocycles. The van der Waals surface area contributed by atoms with Gasteiger partial charge in [0.2, 0.25) is 11.8 Å². The first-order chi connectivity index (χ1) is 13.6. The average Bonchev–Trinajstić information content (AvgIpc) is 2.73. The van der Waals surface area contributed by atoms with Crippen molar-refractivity contribution < 1.29 is 19.1 Å². The number of likely N-dealkylation sites (tertiary alicyclic amines) is 1. The van der Waals surface area contributed by atoms with Crippen LogP contribution < -0.4 is 14.8 Å².